The Morgan fingerprint density at radius 2 is 1.81 bits per heavy atom. The first-order chi connectivity index (χ1) is 7.61. The van der Waals surface area contributed by atoms with Crippen molar-refractivity contribution in [2.75, 3.05) is 7.05 Å². The molecule has 0 N–H and O–H groups in total. The van der Waals surface area contributed by atoms with Gasteiger partial charge in [-0.1, -0.05) is 29.8 Å². The smallest absolute Gasteiger partial charge is 0.159 e. The molecule has 0 saturated carbocycles. The number of hydrogen-bond donors (Lipinski definition) is 0. The summed E-state index contributed by atoms with van der Waals surface area (Å²) in [7, 11) is 1.69. The number of rotatable bonds is 2. The molecule has 0 aliphatic carbocycles. The van der Waals surface area contributed by atoms with E-state index in [2.05, 4.69) is 9.98 Å². The predicted molar refractivity (Wildman–Crippen MR) is 69.8 cm³/mol. The molecule has 0 spiro atoms. The molecule has 1 rings (SSSR count). The molecule has 0 amide bonds. The third kappa shape index (κ3) is 6.65. The monoisotopic (exact) mass is 218 g/mol. The molecule has 3 nitrogen and oxygen atoms in total. The molecular formula is C13H18N2O. The lowest BCUT2D eigenvalue weighted by Gasteiger charge is -1.93. The average Bonchev–Trinajstić information content (AvgIpc) is 2.28. The Bertz CT molecular complexity index is 354. The normalized spacial score (nSPS) is 10.2. The van der Waals surface area contributed by atoms with Crippen molar-refractivity contribution in [2.24, 2.45) is 9.98 Å². The molecule has 0 bridgehead atoms. The van der Waals surface area contributed by atoms with Gasteiger partial charge in [0.1, 0.15) is 6.34 Å². The molecule has 1 aromatic carbocycles. The summed E-state index contributed by atoms with van der Waals surface area (Å²) in [6.45, 7) is 5.43. The molecule has 0 aromatic heterocycles. The molecule has 0 fully saturated rings. The van der Waals surface area contributed by atoms with Crippen LogP contribution in [0.2, 0.25) is 0 Å². The summed E-state index contributed by atoms with van der Waals surface area (Å²) in [6.07, 6.45) is 3.19. The van der Waals surface area contributed by atoms with Crippen LogP contribution in [0.1, 0.15) is 29.8 Å². The number of hydrogen-bond acceptors (Lipinski definition) is 2. The summed E-state index contributed by atoms with van der Waals surface area (Å²) < 4.78 is 0. The molecular weight excluding hydrogens is 200 g/mol. The number of nitrogens with zero attached hydrogens (tertiary/aromatic N) is 2. The van der Waals surface area contributed by atoms with E-state index in [1.54, 1.807) is 20.2 Å². The van der Waals surface area contributed by atoms with Gasteiger partial charge < -0.3 is 0 Å². The van der Waals surface area contributed by atoms with Crippen LogP contribution < -0.4 is 0 Å². The average molecular weight is 218 g/mol. The van der Waals surface area contributed by atoms with E-state index in [4.69, 9.17) is 0 Å². The fraction of sp³-hybridized carbons (Fsp3) is 0.308. The van der Waals surface area contributed by atoms with Gasteiger partial charge in [0, 0.05) is 18.8 Å². The maximum atomic E-state index is 10.8. The summed E-state index contributed by atoms with van der Waals surface area (Å²) in [6, 6.07) is 7.57. The van der Waals surface area contributed by atoms with Crippen molar-refractivity contribution in [3.8, 4) is 0 Å². The summed E-state index contributed by atoms with van der Waals surface area (Å²) in [4.78, 5) is 18.0. The van der Waals surface area contributed by atoms with Crippen LogP contribution in [-0.4, -0.2) is 25.4 Å². The molecule has 0 atom stereocenters. The highest BCUT2D eigenvalue weighted by Crippen LogP contribution is 2.02. The number of aryl methyl sites for hydroxylation is 1. The number of ketones is 1. The lowest BCUT2D eigenvalue weighted by Crippen LogP contribution is -1.90. The van der Waals surface area contributed by atoms with Gasteiger partial charge in [-0.3, -0.25) is 14.8 Å². The summed E-state index contributed by atoms with van der Waals surface area (Å²) in [5.41, 5.74) is 1.97. The zero-order chi connectivity index (χ0) is 12.4. The van der Waals surface area contributed by atoms with Gasteiger partial charge in [0.25, 0.3) is 0 Å². The summed E-state index contributed by atoms with van der Waals surface area (Å²) in [5, 5.41) is 0. The van der Waals surface area contributed by atoms with Gasteiger partial charge in [-0.2, -0.15) is 0 Å². The van der Waals surface area contributed by atoms with Crippen molar-refractivity contribution in [1.82, 2.24) is 0 Å². The van der Waals surface area contributed by atoms with E-state index in [9.17, 15) is 4.79 Å². The lowest BCUT2D eigenvalue weighted by molar-refractivity contribution is 0.101. The lowest BCUT2D eigenvalue weighted by atomic mass is 10.1. The second kappa shape index (κ2) is 8.53. The minimum atomic E-state index is 0.125. The van der Waals surface area contributed by atoms with Gasteiger partial charge in [0.05, 0.1) is 0 Å². The van der Waals surface area contributed by atoms with Crippen molar-refractivity contribution >= 4 is 18.3 Å². The minimum absolute atomic E-state index is 0.125. The fourth-order valence-electron chi connectivity index (χ4n) is 0.922. The van der Waals surface area contributed by atoms with Crippen molar-refractivity contribution in [2.45, 2.75) is 20.8 Å². The van der Waals surface area contributed by atoms with Crippen molar-refractivity contribution < 1.29 is 4.79 Å². The predicted octanol–water partition coefficient (Wildman–Crippen LogP) is 2.93. The molecule has 16 heavy (non-hydrogen) atoms. The van der Waals surface area contributed by atoms with Crippen LogP contribution >= 0.6 is 0 Å². The van der Waals surface area contributed by atoms with Gasteiger partial charge in [-0.05, 0) is 20.8 Å². The summed E-state index contributed by atoms with van der Waals surface area (Å²) >= 11 is 0. The molecule has 0 unspecified atom stereocenters. The largest absolute Gasteiger partial charge is 0.295 e. The fourth-order valence-corrected chi connectivity index (χ4v) is 0.922. The summed E-state index contributed by atoms with van der Waals surface area (Å²) in [5.74, 6) is 0.125. The Labute approximate surface area is 96.9 Å². The SMILES string of the molecule is CC(=O)c1ccc(C)cc1.CC=NC=NC. The van der Waals surface area contributed by atoms with Crippen molar-refractivity contribution in [1.29, 1.82) is 0 Å². The van der Waals surface area contributed by atoms with Gasteiger partial charge in [-0.15, -0.1) is 0 Å². The van der Waals surface area contributed by atoms with E-state index in [1.807, 2.05) is 38.1 Å². The van der Waals surface area contributed by atoms with Gasteiger partial charge >= 0.3 is 0 Å². The highest BCUT2D eigenvalue weighted by Gasteiger charge is 1.95. The first-order valence-corrected chi connectivity index (χ1v) is 5.07. The molecule has 0 radical (unpaired) electrons. The standard InChI is InChI=1S/C9H10O.C4H8N2/c1-7-3-5-9(6-4-7)8(2)10;1-3-6-4-5-2/h3-6H,1-2H3;3-4H,1-2H3. The second-order valence-corrected chi connectivity index (χ2v) is 3.20. The Morgan fingerprint density at radius 1 is 1.25 bits per heavy atom. The van der Waals surface area contributed by atoms with Crippen LogP contribution in [0, 0.1) is 6.92 Å². The number of Topliss-reactive ketones (excluding diaryl/α,β-unsaturated/α-hetero) is 1. The Morgan fingerprint density at radius 3 is 2.12 bits per heavy atom. The Hall–Kier alpha value is -1.77. The topological polar surface area (TPSA) is 41.8 Å². The number of benzene rings is 1. The maximum Gasteiger partial charge on any atom is 0.159 e. The van der Waals surface area contributed by atoms with Crippen LogP contribution in [0.4, 0.5) is 0 Å². The van der Waals surface area contributed by atoms with E-state index in [-0.39, 0.29) is 5.78 Å². The molecule has 0 saturated heterocycles. The maximum absolute atomic E-state index is 10.8. The number of aliphatic imine (C=N–C) groups is 2. The first-order valence-electron chi connectivity index (χ1n) is 5.07. The molecule has 0 aliphatic rings. The number of carbonyl (C=O) groups is 1. The highest BCUT2D eigenvalue weighted by atomic mass is 16.1. The highest BCUT2D eigenvalue weighted by molar-refractivity contribution is 5.93. The third-order valence-corrected chi connectivity index (χ3v) is 1.79. The van der Waals surface area contributed by atoms with Crippen LogP contribution in [0.3, 0.4) is 0 Å². The molecule has 0 heterocycles. The van der Waals surface area contributed by atoms with Gasteiger partial charge in [-0.25, -0.2) is 0 Å². The van der Waals surface area contributed by atoms with Gasteiger partial charge in [0.15, 0.2) is 5.78 Å². The van der Waals surface area contributed by atoms with E-state index in [0.29, 0.717) is 0 Å². The Balaban J connectivity index is 0.000000325. The van der Waals surface area contributed by atoms with Crippen LogP contribution in [0.5, 0.6) is 0 Å². The molecule has 86 valence electrons. The van der Waals surface area contributed by atoms with E-state index in [1.165, 1.54) is 11.9 Å². The van der Waals surface area contributed by atoms with E-state index in [0.717, 1.165) is 5.56 Å². The third-order valence-electron chi connectivity index (χ3n) is 1.79. The van der Waals surface area contributed by atoms with Crippen LogP contribution in [0.25, 0.3) is 0 Å². The van der Waals surface area contributed by atoms with Crippen LogP contribution in [-0.2, 0) is 0 Å². The second-order valence-electron chi connectivity index (χ2n) is 3.20. The molecule has 1 aromatic rings. The molecule has 0 aliphatic heterocycles. The zero-order valence-electron chi connectivity index (χ0n) is 10.3. The molecule has 3 heteroatoms. The van der Waals surface area contributed by atoms with Crippen molar-refractivity contribution in [3.63, 3.8) is 0 Å². The zero-order valence-corrected chi connectivity index (χ0v) is 10.3. The first kappa shape index (κ1) is 14.2. The van der Waals surface area contributed by atoms with E-state index >= 15 is 0 Å². The quantitative estimate of drug-likeness (QED) is 0.427. The van der Waals surface area contributed by atoms with Crippen LogP contribution in [0.15, 0.2) is 34.3 Å². The Kier molecular flexibility index (Phi) is 7.59. The number of carbonyl (C=O) groups excluding carboxylic acids is 1. The van der Waals surface area contributed by atoms with Crippen molar-refractivity contribution in [3.05, 3.63) is 35.4 Å². The van der Waals surface area contributed by atoms with E-state index < -0.39 is 0 Å². The van der Waals surface area contributed by atoms with Gasteiger partial charge in [0.2, 0.25) is 0 Å². The minimum Gasteiger partial charge on any atom is -0.295 e.